The van der Waals surface area contributed by atoms with E-state index in [0.717, 1.165) is 16.4 Å². The fraction of sp³-hybridized carbons (Fsp3) is 0.111. The summed E-state index contributed by atoms with van der Waals surface area (Å²) in [6.45, 7) is 1.67. The monoisotopic (exact) mass is 382 g/mol. The average Bonchev–Trinajstić information content (AvgIpc) is 3.03. The van der Waals surface area contributed by atoms with Crippen molar-refractivity contribution < 1.29 is 9.18 Å². The first-order chi connectivity index (χ1) is 13.0. The van der Waals surface area contributed by atoms with E-state index in [2.05, 4.69) is 15.5 Å². The molecule has 1 amide bonds. The minimum Gasteiger partial charge on any atom is -0.335 e. The molecule has 0 fully saturated rings. The highest BCUT2D eigenvalue weighted by molar-refractivity contribution is 8.00. The third-order valence-electron chi connectivity index (χ3n) is 3.74. The molecule has 0 spiro atoms. The van der Waals surface area contributed by atoms with Crippen LogP contribution in [0.4, 0.5) is 10.1 Å². The number of amides is 1. The fourth-order valence-corrected chi connectivity index (χ4v) is 3.09. The van der Waals surface area contributed by atoms with Gasteiger partial charge in [0.15, 0.2) is 5.82 Å². The molecule has 1 atom stereocenters. The topological polar surface area (TPSA) is 110 Å². The number of nitriles is 1. The third kappa shape index (κ3) is 3.91. The maximum atomic E-state index is 13.9. The van der Waals surface area contributed by atoms with E-state index in [1.165, 1.54) is 6.07 Å². The highest BCUT2D eigenvalue weighted by Gasteiger charge is 2.21. The zero-order chi connectivity index (χ0) is 19.4. The zero-order valence-electron chi connectivity index (χ0n) is 14.3. The molecule has 9 heteroatoms. The van der Waals surface area contributed by atoms with E-state index in [1.807, 2.05) is 6.07 Å². The summed E-state index contributed by atoms with van der Waals surface area (Å²) >= 11 is 1.08. The number of para-hydroxylation sites is 1. The van der Waals surface area contributed by atoms with E-state index in [4.69, 9.17) is 11.1 Å². The molecule has 7 nitrogen and oxygen atoms in total. The highest BCUT2D eigenvalue weighted by atomic mass is 32.2. The van der Waals surface area contributed by atoms with Crippen molar-refractivity contribution in [3.8, 4) is 17.5 Å². The van der Waals surface area contributed by atoms with Crippen molar-refractivity contribution in [3.05, 3.63) is 59.9 Å². The number of nitrogens with one attached hydrogen (secondary N) is 1. The third-order valence-corrected chi connectivity index (χ3v) is 4.79. The number of halogens is 1. The number of nitrogen functional groups attached to an aromatic ring is 1. The van der Waals surface area contributed by atoms with Crippen LogP contribution in [0.5, 0.6) is 0 Å². The van der Waals surface area contributed by atoms with Gasteiger partial charge in [-0.1, -0.05) is 36.0 Å². The number of benzene rings is 2. The quantitative estimate of drug-likeness (QED) is 0.519. The Kier molecular flexibility index (Phi) is 5.38. The largest absolute Gasteiger partial charge is 0.335 e. The Labute approximate surface area is 159 Å². The Morgan fingerprint density at radius 1 is 1.26 bits per heavy atom. The fourth-order valence-electron chi connectivity index (χ4n) is 2.32. The predicted molar refractivity (Wildman–Crippen MR) is 101 cm³/mol. The van der Waals surface area contributed by atoms with Gasteiger partial charge >= 0.3 is 0 Å². The van der Waals surface area contributed by atoms with Crippen molar-refractivity contribution in [2.45, 2.75) is 17.3 Å². The van der Waals surface area contributed by atoms with Crippen LogP contribution in [0.1, 0.15) is 12.5 Å². The molecule has 1 aromatic heterocycles. The van der Waals surface area contributed by atoms with Crippen LogP contribution in [0, 0.1) is 17.1 Å². The molecular formula is C18H15FN6OS. The number of hydrogen-bond acceptors (Lipinski definition) is 6. The van der Waals surface area contributed by atoms with Crippen LogP contribution in [0.15, 0.2) is 53.7 Å². The second kappa shape index (κ2) is 7.88. The van der Waals surface area contributed by atoms with Crippen LogP contribution in [0.3, 0.4) is 0 Å². The van der Waals surface area contributed by atoms with Gasteiger partial charge in [-0.2, -0.15) is 5.26 Å². The number of rotatable bonds is 5. The van der Waals surface area contributed by atoms with Gasteiger partial charge in [0.1, 0.15) is 11.9 Å². The summed E-state index contributed by atoms with van der Waals surface area (Å²) in [5, 5.41) is 19.4. The first-order valence-electron chi connectivity index (χ1n) is 7.93. The van der Waals surface area contributed by atoms with Gasteiger partial charge in [-0.25, -0.2) is 9.07 Å². The molecule has 3 aromatic rings. The Morgan fingerprint density at radius 2 is 1.96 bits per heavy atom. The van der Waals surface area contributed by atoms with E-state index in [1.54, 1.807) is 49.4 Å². The number of hydrogen-bond donors (Lipinski definition) is 2. The molecule has 27 heavy (non-hydrogen) atoms. The van der Waals surface area contributed by atoms with E-state index in [9.17, 15) is 9.18 Å². The molecule has 3 N–H and O–H groups in total. The minimum atomic E-state index is -0.572. The van der Waals surface area contributed by atoms with Crippen molar-refractivity contribution in [1.82, 2.24) is 14.9 Å². The summed E-state index contributed by atoms with van der Waals surface area (Å²) in [7, 11) is 0. The molecule has 0 bridgehead atoms. The van der Waals surface area contributed by atoms with Gasteiger partial charge in [0.05, 0.1) is 22.1 Å². The molecule has 136 valence electrons. The summed E-state index contributed by atoms with van der Waals surface area (Å²) in [5.41, 5.74) is 1.02. The van der Waals surface area contributed by atoms with Gasteiger partial charge in [0, 0.05) is 0 Å². The number of carbonyl (C=O) groups is 1. The normalized spacial score (nSPS) is 11.6. The number of anilines is 1. The van der Waals surface area contributed by atoms with Gasteiger partial charge in [0.25, 0.3) is 0 Å². The van der Waals surface area contributed by atoms with Gasteiger partial charge < -0.3 is 11.2 Å². The van der Waals surface area contributed by atoms with Crippen LogP contribution >= 0.6 is 11.8 Å². The Morgan fingerprint density at radius 3 is 2.70 bits per heavy atom. The molecule has 2 aromatic carbocycles. The van der Waals surface area contributed by atoms with E-state index in [0.29, 0.717) is 11.3 Å². The highest BCUT2D eigenvalue weighted by Crippen LogP contribution is 2.27. The van der Waals surface area contributed by atoms with Crippen LogP contribution < -0.4 is 11.2 Å². The van der Waals surface area contributed by atoms with E-state index < -0.39 is 11.1 Å². The maximum absolute atomic E-state index is 13.9. The lowest BCUT2D eigenvalue weighted by atomic mass is 10.2. The smallest absolute Gasteiger partial charge is 0.237 e. The lowest BCUT2D eigenvalue weighted by Gasteiger charge is -2.12. The second-order valence-electron chi connectivity index (χ2n) is 5.56. The molecule has 0 saturated heterocycles. The lowest BCUT2D eigenvalue weighted by molar-refractivity contribution is -0.115. The molecule has 0 unspecified atom stereocenters. The molecule has 3 rings (SSSR count). The second-order valence-corrected chi connectivity index (χ2v) is 6.87. The predicted octanol–water partition coefficient (Wildman–Crippen LogP) is 2.79. The number of carbonyl (C=O) groups excluding carboxylic acids is 1. The van der Waals surface area contributed by atoms with Crippen molar-refractivity contribution in [1.29, 1.82) is 5.26 Å². The van der Waals surface area contributed by atoms with Crippen molar-refractivity contribution in [2.75, 3.05) is 11.2 Å². The van der Waals surface area contributed by atoms with E-state index in [-0.39, 0.29) is 22.5 Å². The lowest BCUT2D eigenvalue weighted by Crippen LogP contribution is -2.24. The summed E-state index contributed by atoms with van der Waals surface area (Å²) in [4.78, 5) is 12.4. The maximum Gasteiger partial charge on any atom is 0.237 e. The molecule has 0 aliphatic carbocycles. The van der Waals surface area contributed by atoms with Crippen molar-refractivity contribution >= 4 is 23.4 Å². The molecule has 0 radical (unpaired) electrons. The summed E-state index contributed by atoms with van der Waals surface area (Å²) in [5.74, 6) is 5.36. The van der Waals surface area contributed by atoms with Crippen LogP contribution in [0.2, 0.25) is 0 Å². The first kappa shape index (κ1) is 18.4. The molecule has 1 heterocycles. The van der Waals surface area contributed by atoms with Gasteiger partial charge in [-0.3, -0.25) is 4.79 Å². The van der Waals surface area contributed by atoms with E-state index >= 15 is 0 Å². The number of nitrogens with zero attached hydrogens (tertiary/aromatic N) is 4. The van der Waals surface area contributed by atoms with Crippen LogP contribution in [0.25, 0.3) is 11.4 Å². The Hall–Kier alpha value is -3.38. The zero-order valence-corrected chi connectivity index (χ0v) is 15.1. The Bertz CT molecular complexity index is 1030. The first-order valence-corrected chi connectivity index (χ1v) is 8.81. The molecule has 0 saturated carbocycles. The Balaban J connectivity index is 1.75. The van der Waals surface area contributed by atoms with Crippen LogP contribution in [-0.2, 0) is 4.79 Å². The van der Waals surface area contributed by atoms with Gasteiger partial charge in [-0.15, -0.1) is 10.2 Å². The van der Waals surface area contributed by atoms with Gasteiger partial charge in [0.2, 0.25) is 11.1 Å². The minimum absolute atomic E-state index is 0.165. The van der Waals surface area contributed by atoms with Crippen molar-refractivity contribution in [2.24, 2.45) is 0 Å². The number of aromatic nitrogens is 3. The van der Waals surface area contributed by atoms with Gasteiger partial charge in [-0.05, 0) is 31.2 Å². The summed E-state index contributed by atoms with van der Waals surface area (Å²) in [6, 6.07) is 14.8. The summed E-state index contributed by atoms with van der Waals surface area (Å²) < 4.78 is 15.1. The average molecular weight is 382 g/mol. The standard InChI is InChI=1S/C18H15FN6OS/c1-11(17(26)22-15-9-5-2-6-12(15)10-20)27-18-24-23-16(25(18)21)13-7-3-4-8-14(13)19/h2-9,11H,21H2,1H3,(H,22,26)/t11-/m1/s1. The summed E-state index contributed by atoms with van der Waals surface area (Å²) in [6.07, 6.45) is 0. The molecule has 0 aliphatic heterocycles. The molecular weight excluding hydrogens is 367 g/mol. The SMILES string of the molecule is C[C@@H](Sc1nnc(-c2ccccc2F)n1N)C(=O)Nc1ccccc1C#N. The number of thioether (sulfide) groups is 1. The number of nitrogens with two attached hydrogens (primary N) is 1. The molecule has 0 aliphatic rings. The van der Waals surface area contributed by atoms with Crippen LogP contribution in [-0.4, -0.2) is 26.0 Å². The van der Waals surface area contributed by atoms with Crippen molar-refractivity contribution in [3.63, 3.8) is 0 Å².